The van der Waals surface area contributed by atoms with E-state index in [2.05, 4.69) is 9.97 Å². The number of pyridine rings is 1. The van der Waals surface area contributed by atoms with E-state index >= 15 is 0 Å². The molecule has 0 amide bonds. The predicted octanol–water partition coefficient (Wildman–Crippen LogP) is 2.12. The molecule has 0 aliphatic carbocycles. The summed E-state index contributed by atoms with van der Waals surface area (Å²) in [5.74, 6) is -1.45. The zero-order valence-electron chi connectivity index (χ0n) is 11.7. The van der Waals surface area contributed by atoms with Crippen molar-refractivity contribution in [2.24, 2.45) is 0 Å². The van der Waals surface area contributed by atoms with Crippen molar-refractivity contribution in [2.45, 2.75) is 13.3 Å². The van der Waals surface area contributed by atoms with Crippen LogP contribution in [-0.4, -0.2) is 40.4 Å². The summed E-state index contributed by atoms with van der Waals surface area (Å²) in [5, 5.41) is 9.62. The molecule has 6 nitrogen and oxygen atoms in total. The van der Waals surface area contributed by atoms with E-state index < -0.39 is 5.97 Å². The molecular weight excluding hydrogens is 290 g/mol. The van der Waals surface area contributed by atoms with Gasteiger partial charge in [0.15, 0.2) is 16.6 Å². The Morgan fingerprint density at radius 2 is 2.00 bits per heavy atom. The molecule has 2 heterocycles. The lowest BCUT2D eigenvalue weighted by molar-refractivity contribution is 0.0687. The molecule has 21 heavy (non-hydrogen) atoms. The molecule has 0 spiro atoms. The van der Waals surface area contributed by atoms with E-state index in [1.807, 2.05) is 24.1 Å². The van der Waals surface area contributed by atoms with Crippen molar-refractivity contribution in [1.82, 2.24) is 9.97 Å². The van der Waals surface area contributed by atoms with Crippen LogP contribution in [0.25, 0.3) is 0 Å². The Bertz CT molecular complexity index is 623. The van der Waals surface area contributed by atoms with Crippen LogP contribution >= 0.6 is 11.3 Å². The summed E-state index contributed by atoms with van der Waals surface area (Å²) in [4.78, 5) is 32.6. The first kappa shape index (κ1) is 15.1. The molecule has 0 saturated carbocycles. The van der Waals surface area contributed by atoms with Gasteiger partial charge in [-0.25, -0.2) is 9.78 Å². The zero-order valence-corrected chi connectivity index (χ0v) is 12.6. The van der Waals surface area contributed by atoms with Crippen molar-refractivity contribution in [2.75, 3.05) is 18.5 Å². The molecule has 0 radical (unpaired) electrons. The fourth-order valence-electron chi connectivity index (χ4n) is 1.80. The number of anilines is 1. The second-order valence-electron chi connectivity index (χ2n) is 4.56. The number of hydrogen-bond donors (Lipinski definition) is 1. The molecule has 0 saturated heterocycles. The highest BCUT2D eigenvalue weighted by atomic mass is 32.1. The SMILES string of the molecule is CC(=O)c1sc(N(C)CCc2ccncc2)nc1C(=O)O. The van der Waals surface area contributed by atoms with Crippen molar-refractivity contribution in [3.05, 3.63) is 40.7 Å². The average molecular weight is 305 g/mol. The Labute approximate surface area is 126 Å². The van der Waals surface area contributed by atoms with Crippen LogP contribution < -0.4 is 4.90 Å². The second-order valence-corrected chi connectivity index (χ2v) is 5.54. The number of carbonyl (C=O) groups is 2. The highest BCUT2D eigenvalue weighted by molar-refractivity contribution is 7.17. The smallest absolute Gasteiger partial charge is 0.356 e. The molecule has 0 atom stereocenters. The Balaban J connectivity index is 2.12. The summed E-state index contributed by atoms with van der Waals surface area (Å²) in [6, 6.07) is 3.86. The lowest BCUT2D eigenvalue weighted by Gasteiger charge is -2.15. The number of carbonyl (C=O) groups excluding carboxylic acids is 1. The number of Topliss-reactive ketones (excluding diaryl/α,β-unsaturated/α-hetero) is 1. The number of likely N-dealkylation sites (N-methyl/N-ethyl adjacent to an activating group) is 1. The normalized spacial score (nSPS) is 10.4. The summed E-state index contributed by atoms with van der Waals surface area (Å²) in [7, 11) is 1.83. The molecule has 0 unspecified atom stereocenters. The van der Waals surface area contributed by atoms with Gasteiger partial charge in [-0.1, -0.05) is 11.3 Å². The molecular formula is C14H15N3O3S. The van der Waals surface area contributed by atoms with Gasteiger partial charge in [0, 0.05) is 32.9 Å². The van der Waals surface area contributed by atoms with E-state index in [0.29, 0.717) is 11.7 Å². The third-order valence-corrected chi connectivity index (χ3v) is 4.22. The molecule has 0 aromatic carbocycles. The van der Waals surface area contributed by atoms with Gasteiger partial charge in [-0.05, 0) is 24.1 Å². The maximum Gasteiger partial charge on any atom is 0.356 e. The Hall–Kier alpha value is -2.28. The second kappa shape index (κ2) is 6.45. The summed E-state index contributed by atoms with van der Waals surface area (Å²) in [6.07, 6.45) is 4.25. The summed E-state index contributed by atoms with van der Waals surface area (Å²) >= 11 is 1.11. The van der Waals surface area contributed by atoms with E-state index in [1.54, 1.807) is 12.4 Å². The maximum absolute atomic E-state index is 11.5. The Morgan fingerprint density at radius 1 is 1.33 bits per heavy atom. The lowest BCUT2D eigenvalue weighted by Crippen LogP contribution is -2.20. The van der Waals surface area contributed by atoms with Crippen LogP contribution in [0.15, 0.2) is 24.5 Å². The largest absolute Gasteiger partial charge is 0.476 e. The van der Waals surface area contributed by atoms with E-state index in [0.717, 1.165) is 23.3 Å². The van der Waals surface area contributed by atoms with Gasteiger partial charge >= 0.3 is 5.97 Å². The first-order chi connectivity index (χ1) is 9.99. The molecule has 0 fully saturated rings. The molecule has 2 aromatic rings. The fraction of sp³-hybridized carbons (Fsp3) is 0.286. The van der Waals surface area contributed by atoms with Gasteiger partial charge in [0.05, 0.1) is 0 Å². The number of hydrogen-bond acceptors (Lipinski definition) is 6. The quantitative estimate of drug-likeness (QED) is 0.823. The number of thiazole rings is 1. The minimum Gasteiger partial charge on any atom is -0.476 e. The molecule has 0 aliphatic rings. The first-order valence-corrected chi connectivity index (χ1v) is 7.15. The predicted molar refractivity (Wildman–Crippen MR) is 80.3 cm³/mol. The third-order valence-electron chi connectivity index (χ3n) is 2.95. The standard InChI is InChI=1S/C14H15N3O3S/c1-9(18)12-11(13(19)20)16-14(21-12)17(2)8-5-10-3-6-15-7-4-10/h3-4,6-7H,5,8H2,1-2H3,(H,19,20). The van der Waals surface area contributed by atoms with Crippen molar-refractivity contribution in [3.63, 3.8) is 0 Å². The van der Waals surface area contributed by atoms with Crippen LogP contribution in [-0.2, 0) is 6.42 Å². The van der Waals surface area contributed by atoms with Gasteiger partial charge in [-0.15, -0.1) is 0 Å². The van der Waals surface area contributed by atoms with E-state index in [1.165, 1.54) is 6.92 Å². The highest BCUT2D eigenvalue weighted by Crippen LogP contribution is 2.26. The monoisotopic (exact) mass is 305 g/mol. The van der Waals surface area contributed by atoms with Crippen molar-refractivity contribution in [3.8, 4) is 0 Å². The Morgan fingerprint density at radius 3 is 2.52 bits per heavy atom. The number of nitrogens with zero attached hydrogens (tertiary/aromatic N) is 3. The molecule has 7 heteroatoms. The van der Waals surface area contributed by atoms with Crippen LogP contribution in [0.1, 0.15) is 32.6 Å². The molecule has 2 aromatic heterocycles. The minimum absolute atomic E-state index is 0.168. The van der Waals surface area contributed by atoms with Crippen molar-refractivity contribution < 1.29 is 14.7 Å². The number of ketones is 1. The first-order valence-electron chi connectivity index (χ1n) is 6.34. The number of rotatable bonds is 6. The van der Waals surface area contributed by atoms with Crippen LogP contribution in [0.2, 0.25) is 0 Å². The number of aromatic nitrogens is 2. The number of aromatic carboxylic acids is 1. The van der Waals surface area contributed by atoms with Gasteiger partial charge in [-0.3, -0.25) is 9.78 Å². The van der Waals surface area contributed by atoms with Crippen molar-refractivity contribution in [1.29, 1.82) is 0 Å². The molecule has 2 rings (SSSR count). The maximum atomic E-state index is 11.5. The van der Waals surface area contributed by atoms with Crippen LogP contribution in [0.4, 0.5) is 5.13 Å². The van der Waals surface area contributed by atoms with Gasteiger partial charge in [0.2, 0.25) is 0 Å². The van der Waals surface area contributed by atoms with Crippen LogP contribution in [0, 0.1) is 0 Å². The molecule has 0 bridgehead atoms. The number of carboxylic acids is 1. The van der Waals surface area contributed by atoms with Crippen LogP contribution in [0.3, 0.4) is 0 Å². The summed E-state index contributed by atoms with van der Waals surface area (Å²) < 4.78 is 0. The fourth-order valence-corrected chi connectivity index (χ4v) is 2.74. The minimum atomic E-state index is -1.18. The Kier molecular flexibility index (Phi) is 4.64. The van der Waals surface area contributed by atoms with E-state index in [9.17, 15) is 9.59 Å². The highest BCUT2D eigenvalue weighted by Gasteiger charge is 2.21. The van der Waals surface area contributed by atoms with Gasteiger partial charge in [-0.2, -0.15) is 0 Å². The van der Waals surface area contributed by atoms with E-state index in [4.69, 9.17) is 5.11 Å². The van der Waals surface area contributed by atoms with Crippen LogP contribution in [0.5, 0.6) is 0 Å². The van der Waals surface area contributed by atoms with Gasteiger partial charge in [0.1, 0.15) is 4.88 Å². The summed E-state index contributed by atoms with van der Waals surface area (Å²) in [5.41, 5.74) is 0.969. The van der Waals surface area contributed by atoms with Crippen molar-refractivity contribution >= 4 is 28.2 Å². The topological polar surface area (TPSA) is 83.4 Å². The summed E-state index contributed by atoms with van der Waals surface area (Å²) in [6.45, 7) is 2.02. The van der Waals surface area contributed by atoms with Gasteiger partial charge in [0.25, 0.3) is 0 Å². The average Bonchev–Trinajstić information content (AvgIpc) is 2.91. The zero-order chi connectivity index (χ0) is 15.4. The lowest BCUT2D eigenvalue weighted by atomic mass is 10.2. The number of carboxylic acid groups (broad SMARTS) is 1. The van der Waals surface area contributed by atoms with E-state index in [-0.39, 0.29) is 16.4 Å². The third kappa shape index (κ3) is 3.63. The molecule has 1 N–H and O–H groups in total. The molecule has 110 valence electrons. The van der Waals surface area contributed by atoms with Gasteiger partial charge < -0.3 is 10.0 Å². The molecule has 0 aliphatic heterocycles.